The van der Waals surface area contributed by atoms with Crippen LogP contribution in [0.25, 0.3) is 0 Å². The van der Waals surface area contributed by atoms with Crippen molar-refractivity contribution in [3.63, 3.8) is 0 Å². The third-order valence-electron chi connectivity index (χ3n) is 3.28. The molecule has 0 aromatic carbocycles. The van der Waals surface area contributed by atoms with Crippen molar-refractivity contribution in [3.8, 4) is 0 Å². The van der Waals surface area contributed by atoms with Crippen LogP contribution in [0.2, 0.25) is 0 Å². The molecular weight excluding hydrogens is 196 g/mol. The van der Waals surface area contributed by atoms with Crippen molar-refractivity contribution in [1.82, 2.24) is 0 Å². The van der Waals surface area contributed by atoms with Gasteiger partial charge in [0.05, 0.1) is 13.2 Å². The quantitative estimate of drug-likeness (QED) is 0.386. The van der Waals surface area contributed by atoms with Crippen LogP contribution in [-0.4, -0.2) is 25.2 Å². The van der Waals surface area contributed by atoms with Gasteiger partial charge in [-0.1, -0.05) is 19.1 Å². The van der Waals surface area contributed by atoms with Crippen molar-refractivity contribution in [2.45, 2.75) is 13.8 Å². The van der Waals surface area contributed by atoms with E-state index in [0.29, 0.717) is 6.61 Å². The molecule has 1 fully saturated rings. The van der Waals surface area contributed by atoms with Crippen LogP contribution in [0, 0.1) is 17.3 Å². The lowest BCUT2D eigenvalue weighted by Crippen LogP contribution is -2.44. The minimum absolute atomic E-state index is 0.142. The zero-order valence-electron chi connectivity index (χ0n) is 8.86. The average Bonchev–Trinajstić information content (AvgIpc) is 2.69. The number of ether oxygens (including phenoxy) is 2. The lowest BCUT2D eigenvalue weighted by Gasteiger charge is -2.26. The van der Waals surface area contributed by atoms with Gasteiger partial charge in [-0.25, -0.2) is 0 Å². The molecule has 15 heavy (non-hydrogen) atoms. The van der Waals surface area contributed by atoms with Crippen molar-refractivity contribution in [3.05, 3.63) is 12.2 Å². The third-order valence-corrected chi connectivity index (χ3v) is 3.28. The first-order valence-electron chi connectivity index (χ1n) is 5.16. The highest BCUT2D eigenvalue weighted by Crippen LogP contribution is 2.49. The first kappa shape index (κ1) is 10.2. The fourth-order valence-corrected chi connectivity index (χ4v) is 2.42. The molecule has 0 aromatic rings. The molecule has 0 spiro atoms. The molecule has 0 aromatic heterocycles. The lowest BCUT2D eigenvalue weighted by atomic mass is 9.73. The van der Waals surface area contributed by atoms with Gasteiger partial charge < -0.3 is 9.47 Å². The maximum Gasteiger partial charge on any atom is 0.324 e. The molecular formula is C11H14O4. The number of rotatable bonds is 2. The molecule has 82 valence electrons. The van der Waals surface area contributed by atoms with Gasteiger partial charge in [-0.15, -0.1) is 0 Å². The Balaban J connectivity index is 2.36. The predicted octanol–water partition coefficient (Wildman–Crippen LogP) is 0.915. The van der Waals surface area contributed by atoms with Crippen LogP contribution in [0.15, 0.2) is 12.2 Å². The number of carbonyl (C=O) groups is 2. The van der Waals surface area contributed by atoms with Gasteiger partial charge in [0.2, 0.25) is 0 Å². The lowest BCUT2D eigenvalue weighted by molar-refractivity contribution is -0.167. The molecule has 1 saturated heterocycles. The summed E-state index contributed by atoms with van der Waals surface area (Å²) in [6, 6.07) is 0. The van der Waals surface area contributed by atoms with Crippen LogP contribution < -0.4 is 0 Å². The van der Waals surface area contributed by atoms with Gasteiger partial charge in [-0.05, 0) is 6.92 Å². The summed E-state index contributed by atoms with van der Waals surface area (Å²) >= 11 is 0. The highest BCUT2D eigenvalue weighted by molar-refractivity contribution is 6.03. The van der Waals surface area contributed by atoms with Gasteiger partial charge in [0.25, 0.3) is 0 Å². The molecule has 4 nitrogen and oxygen atoms in total. The van der Waals surface area contributed by atoms with Crippen molar-refractivity contribution in [1.29, 1.82) is 0 Å². The molecule has 0 bridgehead atoms. The number of hydrogen-bond acceptors (Lipinski definition) is 4. The summed E-state index contributed by atoms with van der Waals surface area (Å²) < 4.78 is 9.96. The Morgan fingerprint density at radius 2 is 2.40 bits per heavy atom. The highest BCUT2D eigenvalue weighted by atomic mass is 16.6. The first-order valence-corrected chi connectivity index (χ1v) is 5.16. The Morgan fingerprint density at radius 1 is 1.67 bits per heavy atom. The zero-order valence-corrected chi connectivity index (χ0v) is 8.86. The van der Waals surface area contributed by atoms with Crippen LogP contribution in [0.4, 0.5) is 0 Å². The summed E-state index contributed by atoms with van der Waals surface area (Å²) in [4.78, 5) is 23.6. The SMILES string of the molecule is CCOC(=O)[C@@]12C(=O)OC[C@@H]1C=C[C@@H]2C. The van der Waals surface area contributed by atoms with Crippen LogP contribution in [-0.2, 0) is 19.1 Å². The molecule has 2 rings (SSSR count). The van der Waals surface area contributed by atoms with E-state index in [1.54, 1.807) is 6.92 Å². The molecule has 0 radical (unpaired) electrons. The van der Waals surface area contributed by atoms with E-state index in [9.17, 15) is 9.59 Å². The molecule has 0 amide bonds. The second-order valence-electron chi connectivity index (χ2n) is 3.97. The van der Waals surface area contributed by atoms with E-state index >= 15 is 0 Å². The van der Waals surface area contributed by atoms with Gasteiger partial charge in [-0.2, -0.15) is 0 Å². The van der Waals surface area contributed by atoms with Gasteiger partial charge in [0.1, 0.15) is 0 Å². The van der Waals surface area contributed by atoms with Crippen molar-refractivity contribution in [2.24, 2.45) is 17.3 Å². The molecule has 4 heteroatoms. The predicted molar refractivity (Wildman–Crippen MR) is 51.8 cm³/mol. The molecule has 1 aliphatic heterocycles. The molecule has 2 aliphatic rings. The normalized spacial score (nSPS) is 37.6. The maximum atomic E-state index is 11.9. The molecule has 0 saturated carbocycles. The number of cyclic esters (lactones) is 1. The van der Waals surface area contributed by atoms with E-state index in [4.69, 9.17) is 9.47 Å². The minimum Gasteiger partial charge on any atom is -0.465 e. The number of hydrogen-bond donors (Lipinski definition) is 0. The Bertz CT molecular complexity index is 333. The molecule has 0 unspecified atom stereocenters. The summed E-state index contributed by atoms with van der Waals surface area (Å²) in [5, 5.41) is 0. The summed E-state index contributed by atoms with van der Waals surface area (Å²) in [5.74, 6) is -1.19. The standard InChI is InChI=1S/C11H14O4/c1-3-14-9(12)11-7(2)4-5-8(11)6-15-10(11)13/h4-5,7-8H,3,6H2,1-2H3/t7-,8-,11-/m0/s1. The number of carbonyl (C=O) groups excluding carboxylic acids is 2. The van der Waals surface area contributed by atoms with Crippen LogP contribution in [0.1, 0.15) is 13.8 Å². The molecule has 1 heterocycles. The second kappa shape index (κ2) is 3.36. The van der Waals surface area contributed by atoms with Crippen LogP contribution in [0.5, 0.6) is 0 Å². The summed E-state index contributed by atoms with van der Waals surface area (Å²) in [6.45, 7) is 4.16. The summed E-state index contributed by atoms with van der Waals surface area (Å²) in [6.07, 6.45) is 3.77. The Morgan fingerprint density at radius 3 is 3.07 bits per heavy atom. The second-order valence-corrected chi connectivity index (χ2v) is 3.97. The Kier molecular flexibility index (Phi) is 2.29. The smallest absolute Gasteiger partial charge is 0.324 e. The van der Waals surface area contributed by atoms with Crippen molar-refractivity contribution < 1.29 is 19.1 Å². The van der Waals surface area contributed by atoms with E-state index in [1.807, 2.05) is 19.1 Å². The largest absolute Gasteiger partial charge is 0.465 e. The van der Waals surface area contributed by atoms with Gasteiger partial charge in [0, 0.05) is 11.8 Å². The van der Waals surface area contributed by atoms with Crippen molar-refractivity contribution in [2.75, 3.05) is 13.2 Å². The summed E-state index contributed by atoms with van der Waals surface area (Å²) in [7, 11) is 0. The Hall–Kier alpha value is -1.32. The fourth-order valence-electron chi connectivity index (χ4n) is 2.42. The van der Waals surface area contributed by atoms with E-state index in [2.05, 4.69) is 0 Å². The van der Waals surface area contributed by atoms with Gasteiger partial charge >= 0.3 is 11.9 Å². The van der Waals surface area contributed by atoms with Gasteiger partial charge in [-0.3, -0.25) is 9.59 Å². The fraction of sp³-hybridized carbons (Fsp3) is 0.636. The zero-order chi connectivity index (χ0) is 11.1. The van der Waals surface area contributed by atoms with E-state index in [-0.39, 0.29) is 18.4 Å². The topological polar surface area (TPSA) is 52.6 Å². The van der Waals surface area contributed by atoms with Crippen LogP contribution >= 0.6 is 0 Å². The number of fused-ring (bicyclic) bond motifs is 1. The maximum absolute atomic E-state index is 11.9. The Labute approximate surface area is 88.2 Å². The molecule has 3 atom stereocenters. The summed E-state index contributed by atoms with van der Waals surface area (Å²) in [5.41, 5.74) is -1.10. The monoisotopic (exact) mass is 210 g/mol. The average molecular weight is 210 g/mol. The number of allylic oxidation sites excluding steroid dienone is 1. The van der Waals surface area contributed by atoms with Crippen LogP contribution in [0.3, 0.4) is 0 Å². The highest BCUT2D eigenvalue weighted by Gasteiger charge is 2.63. The van der Waals surface area contributed by atoms with E-state index in [0.717, 1.165) is 0 Å². The number of esters is 2. The van der Waals surface area contributed by atoms with Crippen molar-refractivity contribution >= 4 is 11.9 Å². The third kappa shape index (κ3) is 1.14. The first-order chi connectivity index (χ1) is 7.14. The molecule has 1 aliphatic carbocycles. The van der Waals surface area contributed by atoms with Gasteiger partial charge in [0.15, 0.2) is 5.41 Å². The minimum atomic E-state index is -1.10. The molecule has 0 N–H and O–H groups in total. The van der Waals surface area contributed by atoms with E-state index < -0.39 is 17.4 Å². The van der Waals surface area contributed by atoms with E-state index in [1.165, 1.54) is 0 Å².